The second-order valence-electron chi connectivity index (χ2n) is 5.92. The van der Waals surface area contributed by atoms with E-state index in [4.69, 9.17) is 10.5 Å². The number of nitrogens with zero attached hydrogens (tertiary/aromatic N) is 1. The van der Waals surface area contributed by atoms with Crippen LogP contribution in [0, 0.1) is 5.41 Å². The van der Waals surface area contributed by atoms with Crippen LogP contribution < -0.4 is 10.6 Å². The Bertz CT molecular complexity index is 491. The third-order valence-corrected chi connectivity index (χ3v) is 4.61. The van der Waals surface area contributed by atoms with Crippen LogP contribution >= 0.6 is 0 Å². The summed E-state index contributed by atoms with van der Waals surface area (Å²) in [6.45, 7) is 6.65. The standard InChI is InChI=1S/C16H24N2O2/c1-4-16(2)7-9-18(10-8-16)14-6-5-12(11-13(14)17)15(19)20-3/h5-6,11H,4,7-10,17H2,1-3H3. The van der Waals surface area contributed by atoms with Crippen LogP contribution in [0.15, 0.2) is 18.2 Å². The Balaban J connectivity index is 2.13. The largest absolute Gasteiger partial charge is 0.465 e. The Kier molecular flexibility index (Phi) is 4.21. The topological polar surface area (TPSA) is 55.6 Å². The fraction of sp³-hybridized carbons (Fsp3) is 0.562. The van der Waals surface area contributed by atoms with E-state index in [-0.39, 0.29) is 5.97 Å². The normalized spacial score (nSPS) is 17.9. The lowest BCUT2D eigenvalue weighted by atomic mass is 9.78. The van der Waals surface area contributed by atoms with Gasteiger partial charge in [-0.25, -0.2) is 4.79 Å². The van der Waals surface area contributed by atoms with Gasteiger partial charge in [0, 0.05) is 13.1 Å². The zero-order valence-electron chi connectivity index (χ0n) is 12.6. The number of methoxy groups -OCH3 is 1. The van der Waals surface area contributed by atoms with Crippen LogP contribution in [0.1, 0.15) is 43.5 Å². The summed E-state index contributed by atoms with van der Waals surface area (Å²) in [6.07, 6.45) is 3.58. The van der Waals surface area contributed by atoms with Crippen LogP contribution in [-0.4, -0.2) is 26.2 Å². The molecule has 1 aromatic carbocycles. The van der Waals surface area contributed by atoms with E-state index in [1.807, 2.05) is 6.07 Å². The minimum Gasteiger partial charge on any atom is -0.465 e. The van der Waals surface area contributed by atoms with Gasteiger partial charge in [0.1, 0.15) is 0 Å². The van der Waals surface area contributed by atoms with E-state index < -0.39 is 0 Å². The molecule has 2 N–H and O–H groups in total. The third-order valence-electron chi connectivity index (χ3n) is 4.61. The van der Waals surface area contributed by atoms with Crippen molar-refractivity contribution in [3.05, 3.63) is 23.8 Å². The molecule has 1 saturated heterocycles. The molecule has 0 atom stereocenters. The number of carbonyl (C=O) groups excluding carboxylic acids is 1. The number of esters is 1. The van der Waals surface area contributed by atoms with Crippen molar-refractivity contribution in [2.24, 2.45) is 5.41 Å². The van der Waals surface area contributed by atoms with Gasteiger partial charge in [-0.15, -0.1) is 0 Å². The number of hydrogen-bond donors (Lipinski definition) is 1. The van der Waals surface area contributed by atoms with E-state index >= 15 is 0 Å². The summed E-state index contributed by atoms with van der Waals surface area (Å²) in [6, 6.07) is 5.41. The first-order chi connectivity index (χ1) is 9.49. The Morgan fingerprint density at radius 3 is 2.55 bits per heavy atom. The number of piperidine rings is 1. The average Bonchev–Trinajstić information content (AvgIpc) is 2.47. The summed E-state index contributed by atoms with van der Waals surface area (Å²) in [5.74, 6) is -0.347. The summed E-state index contributed by atoms with van der Waals surface area (Å²) in [5.41, 5.74) is 8.72. The van der Waals surface area contributed by atoms with Crippen LogP contribution in [0.3, 0.4) is 0 Å². The number of ether oxygens (including phenoxy) is 1. The van der Waals surface area contributed by atoms with Crippen LogP contribution in [0.25, 0.3) is 0 Å². The highest BCUT2D eigenvalue weighted by Crippen LogP contribution is 2.37. The maximum atomic E-state index is 11.5. The SMILES string of the molecule is CCC1(C)CCN(c2ccc(C(=O)OC)cc2N)CC1. The molecule has 110 valence electrons. The number of anilines is 2. The summed E-state index contributed by atoms with van der Waals surface area (Å²) in [7, 11) is 1.38. The van der Waals surface area contributed by atoms with E-state index in [0.29, 0.717) is 16.7 Å². The maximum Gasteiger partial charge on any atom is 0.337 e. The summed E-state index contributed by atoms with van der Waals surface area (Å²) < 4.78 is 4.71. The molecule has 0 aromatic heterocycles. The molecule has 2 rings (SSSR count). The Morgan fingerprint density at radius 2 is 2.05 bits per heavy atom. The van der Waals surface area contributed by atoms with E-state index in [1.54, 1.807) is 12.1 Å². The van der Waals surface area contributed by atoms with Gasteiger partial charge in [0.2, 0.25) is 0 Å². The molecule has 0 saturated carbocycles. The smallest absolute Gasteiger partial charge is 0.337 e. The van der Waals surface area contributed by atoms with Gasteiger partial charge in [-0.3, -0.25) is 0 Å². The fourth-order valence-electron chi connectivity index (χ4n) is 2.73. The monoisotopic (exact) mass is 276 g/mol. The highest BCUT2D eigenvalue weighted by Gasteiger charge is 2.29. The third kappa shape index (κ3) is 2.89. The zero-order valence-corrected chi connectivity index (χ0v) is 12.6. The Labute approximate surface area is 120 Å². The van der Waals surface area contributed by atoms with E-state index in [0.717, 1.165) is 18.8 Å². The Hall–Kier alpha value is -1.71. The van der Waals surface area contributed by atoms with Gasteiger partial charge < -0.3 is 15.4 Å². The number of rotatable bonds is 3. The second kappa shape index (κ2) is 5.73. The van der Waals surface area contributed by atoms with Crippen LogP contribution in [-0.2, 0) is 4.74 Å². The lowest BCUT2D eigenvalue weighted by Crippen LogP contribution is -2.38. The van der Waals surface area contributed by atoms with Crippen LogP contribution in [0.5, 0.6) is 0 Å². The number of nitrogen functional groups attached to an aromatic ring is 1. The minimum absolute atomic E-state index is 0.347. The molecule has 20 heavy (non-hydrogen) atoms. The van der Waals surface area contributed by atoms with Crippen molar-refractivity contribution in [2.45, 2.75) is 33.1 Å². The molecule has 0 unspecified atom stereocenters. The lowest BCUT2D eigenvalue weighted by Gasteiger charge is -2.40. The molecular weight excluding hydrogens is 252 g/mol. The van der Waals surface area contributed by atoms with Gasteiger partial charge in [-0.1, -0.05) is 20.3 Å². The van der Waals surface area contributed by atoms with Crippen LogP contribution in [0.4, 0.5) is 11.4 Å². The van der Waals surface area contributed by atoms with Gasteiger partial charge in [0.15, 0.2) is 0 Å². The first-order valence-corrected chi connectivity index (χ1v) is 7.22. The first-order valence-electron chi connectivity index (χ1n) is 7.22. The molecule has 4 heteroatoms. The van der Waals surface area contributed by atoms with Gasteiger partial charge in [-0.2, -0.15) is 0 Å². The molecule has 1 aromatic rings. The molecule has 0 amide bonds. The van der Waals surface area contributed by atoms with Crippen molar-refractivity contribution < 1.29 is 9.53 Å². The van der Waals surface area contributed by atoms with Crippen molar-refractivity contribution >= 4 is 17.3 Å². The summed E-state index contributed by atoms with van der Waals surface area (Å²) in [4.78, 5) is 13.8. The fourth-order valence-corrected chi connectivity index (χ4v) is 2.73. The van der Waals surface area contributed by atoms with Crippen molar-refractivity contribution in [1.29, 1.82) is 0 Å². The molecular formula is C16H24N2O2. The van der Waals surface area contributed by atoms with Crippen molar-refractivity contribution in [3.63, 3.8) is 0 Å². The molecule has 1 heterocycles. The van der Waals surface area contributed by atoms with Gasteiger partial charge in [-0.05, 0) is 36.5 Å². The zero-order chi connectivity index (χ0) is 14.8. The molecule has 1 aliphatic heterocycles. The molecule has 0 spiro atoms. The number of nitrogens with two attached hydrogens (primary N) is 1. The first kappa shape index (κ1) is 14.7. The number of carbonyl (C=O) groups is 1. The Morgan fingerprint density at radius 1 is 1.40 bits per heavy atom. The highest BCUT2D eigenvalue weighted by atomic mass is 16.5. The van der Waals surface area contributed by atoms with E-state index in [9.17, 15) is 4.79 Å². The van der Waals surface area contributed by atoms with E-state index in [2.05, 4.69) is 18.7 Å². The number of benzene rings is 1. The van der Waals surface area contributed by atoms with Crippen molar-refractivity contribution in [2.75, 3.05) is 30.8 Å². The van der Waals surface area contributed by atoms with Gasteiger partial charge >= 0.3 is 5.97 Å². The number of hydrogen-bond acceptors (Lipinski definition) is 4. The quantitative estimate of drug-likeness (QED) is 0.681. The second-order valence-corrected chi connectivity index (χ2v) is 5.92. The van der Waals surface area contributed by atoms with Gasteiger partial charge in [0.05, 0.1) is 24.0 Å². The lowest BCUT2D eigenvalue weighted by molar-refractivity contribution is 0.0601. The van der Waals surface area contributed by atoms with Crippen molar-refractivity contribution in [3.8, 4) is 0 Å². The van der Waals surface area contributed by atoms with Crippen LogP contribution in [0.2, 0.25) is 0 Å². The molecule has 0 bridgehead atoms. The summed E-state index contributed by atoms with van der Waals surface area (Å²) >= 11 is 0. The predicted octanol–water partition coefficient (Wildman–Crippen LogP) is 3.07. The summed E-state index contributed by atoms with van der Waals surface area (Å²) in [5, 5.41) is 0. The maximum absolute atomic E-state index is 11.5. The molecule has 0 radical (unpaired) electrons. The molecule has 1 fully saturated rings. The minimum atomic E-state index is -0.347. The van der Waals surface area contributed by atoms with E-state index in [1.165, 1.54) is 26.4 Å². The highest BCUT2D eigenvalue weighted by molar-refractivity contribution is 5.92. The molecule has 1 aliphatic rings. The van der Waals surface area contributed by atoms with Gasteiger partial charge in [0.25, 0.3) is 0 Å². The predicted molar refractivity (Wildman–Crippen MR) is 82.0 cm³/mol. The molecule has 4 nitrogen and oxygen atoms in total. The molecule has 0 aliphatic carbocycles. The van der Waals surface area contributed by atoms with Crippen molar-refractivity contribution in [1.82, 2.24) is 0 Å². The average molecular weight is 276 g/mol.